The van der Waals surface area contributed by atoms with Crippen LogP contribution in [0.15, 0.2) is 48.5 Å². The molecule has 0 aromatic heterocycles. The summed E-state index contributed by atoms with van der Waals surface area (Å²) in [6.07, 6.45) is 3.66. The molecule has 0 spiro atoms. The zero-order chi connectivity index (χ0) is 28.3. The summed E-state index contributed by atoms with van der Waals surface area (Å²) in [7, 11) is 1.70. The van der Waals surface area contributed by atoms with Gasteiger partial charge in [0.1, 0.15) is 18.0 Å². The summed E-state index contributed by atoms with van der Waals surface area (Å²) in [4.78, 5) is 13.7. The quantitative estimate of drug-likeness (QED) is 0.213. The van der Waals surface area contributed by atoms with Gasteiger partial charge < -0.3 is 33.5 Å². The van der Waals surface area contributed by atoms with Gasteiger partial charge in [0.15, 0.2) is 0 Å². The van der Waals surface area contributed by atoms with Gasteiger partial charge in [-0.05, 0) is 56.2 Å². The maximum Gasteiger partial charge on any atom is 0.414 e. The molecule has 0 unspecified atom stereocenters. The summed E-state index contributed by atoms with van der Waals surface area (Å²) >= 11 is 0. The lowest BCUT2D eigenvalue weighted by Crippen LogP contribution is -2.34. The van der Waals surface area contributed by atoms with E-state index in [2.05, 4.69) is 0 Å². The normalized spacial score (nSPS) is 11.6. The van der Waals surface area contributed by atoms with Crippen LogP contribution in [0, 0.1) is 0 Å². The van der Waals surface area contributed by atoms with Crippen LogP contribution in [-0.2, 0) is 23.7 Å². The summed E-state index contributed by atoms with van der Waals surface area (Å²) in [6.45, 7) is 9.76. The maximum absolute atomic E-state index is 12.2. The van der Waals surface area contributed by atoms with Crippen LogP contribution in [0.4, 0.5) is 10.5 Å². The number of ether oxygens (including phenoxy) is 6. The number of rotatable bonds is 18. The highest BCUT2D eigenvalue weighted by atomic mass is 16.6. The van der Waals surface area contributed by atoms with Crippen LogP contribution in [0.1, 0.15) is 31.9 Å². The van der Waals surface area contributed by atoms with Crippen molar-refractivity contribution in [3.05, 3.63) is 59.7 Å². The van der Waals surface area contributed by atoms with E-state index in [-0.39, 0.29) is 12.7 Å². The number of carbonyl (C=O) groups is 1. The number of hydrogen-bond acceptors (Lipinski definition) is 8. The number of amides is 1. The van der Waals surface area contributed by atoms with Crippen LogP contribution in [0.3, 0.4) is 0 Å². The lowest BCUT2D eigenvalue weighted by molar-refractivity contribution is -0.00779. The number of anilines is 1. The molecule has 39 heavy (non-hydrogen) atoms. The highest BCUT2D eigenvalue weighted by Gasteiger charge is 2.20. The van der Waals surface area contributed by atoms with Gasteiger partial charge in [0.05, 0.1) is 59.5 Å². The smallest absolute Gasteiger partial charge is 0.414 e. The average Bonchev–Trinajstić information content (AvgIpc) is 2.91. The molecule has 9 nitrogen and oxygen atoms in total. The third kappa shape index (κ3) is 14.7. The Morgan fingerprint density at radius 1 is 0.718 bits per heavy atom. The maximum atomic E-state index is 12.2. The molecule has 9 heteroatoms. The van der Waals surface area contributed by atoms with Gasteiger partial charge >= 0.3 is 6.09 Å². The molecule has 0 fully saturated rings. The van der Waals surface area contributed by atoms with Crippen molar-refractivity contribution in [1.82, 2.24) is 0 Å². The Hall–Kier alpha value is -2.95. The van der Waals surface area contributed by atoms with E-state index >= 15 is 0 Å². The lowest BCUT2D eigenvalue weighted by atomic mass is 10.1. The van der Waals surface area contributed by atoms with Gasteiger partial charge in [-0.1, -0.05) is 36.4 Å². The minimum atomic E-state index is -0.534. The van der Waals surface area contributed by atoms with Crippen molar-refractivity contribution in [2.45, 2.75) is 26.4 Å². The van der Waals surface area contributed by atoms with Crippen molar-refractivity contribution >= 4 is 23.9 Å². The van der Waals surface area contributed by atoms with Crippen molar-refractivity contribution < 1.29 is 38.3 Å². The van der Waals surface area contributed by atoms with Crippen molar-refractivity contribution in [3.63, 3.8) is 0 Å². The standard InChI is InChI=1S/C30H43NO8/c1-30(2,3)39-29(33)31(4)27-11-7-25(8-12-27)5-6-26-9-13-28(14-10-26)38-24-23-37-22-21-36-20-19-35-18-17-34-16-15-32/h5-14,32H,15-24H2,1-4H3. The van der Waals surface area contributed by atoms with E-state index < -0.39 is 5.60 Å². The zero-order valence-electron chi connectivity index (χ0n) is 23.6. The predicted molar refractivity (Wildman–Crippen MR) is 152 cm³/mol. The molecule has 0 atom stereocenters. The van der Waals surface area contributed by atoms with Crippen molar-refractivity contribution in [2.75, 3.05) is 78.0 Å². The van der Waals surface area contributed by atoms with Crippen LogP contribution in [0.25, 0.3) is 12.2 Å². The van der Waals surface area contributed by atoms with Gasteiger partial charge in [-0.25, -0.2) is 4.79 Å². The Kier molecular flexibility index (Phi) is 15.2. The number of carbonyl (C=O) groups excluding carboxylic acids is 1. The van der Waals surface area contributed by atoms with Crippen LogP contribution in [-0.4, -0.2) is 89.9 Å². The lowest BCUT2D eigenvalue weighted by Gasteiger charge is -2.24. The highest BCUT2D eigenvalue weighted by Crippen LogP contribution is 2.19. The van der Waals surface area contributed by atoms with E-state index in [0.29, 0.717) is 59.5 Å². The van der Waals surface area contributed by atoms with Crippen LogP contribution >= 0.6 is 0 Å². The zero-order valence-corrected chi connectivity index (χ0v) is 23.6. The van der Waals surface area contributed by atoms with Crippen LogP contribution < -0.4 is 9.64 Å². The molecular weight excluding hydrogens is 502 g/mol. The molecule has 0 saturated carbocycles. The summed E-state index contributed by atoms with van der Waals surface area (Å²) < 4.78 is 32.5. The van der Waals surface area contributed by atoms with E-state index in [1.54, 1.807) is 7.05 Å². The Balaban J connectivity index is 1.59. The Morgan fingerprint density at radius 3 is 1.62 bits per heavy atom. The molecule has 0 bridgehead atoms. The van der Waals surface area contributed by atoms with Crippen molar-refractivity contribution in [2.24, 2.45) is 0 Å². The fourth-order valence-electron chi connectivity index (χ4n) is 3.16. The minimum Gasteiger partial charge on any atom is -0.491 e. The first kappa shape index (κ1) is 32.3. The molecule has 0 aliphatic rings. The monoisotopic (exact) mass is 545 g/mol. The second-order valence-electron chi connectivity index (χ2n) is 9.55. The molecule has 1 amide bonds. The van der Waals surface area contributed by atoms with Crippen molar-refractivity contribution in [1.29, 1.82) is 0 Å². The fraction of sp³-hybridized carbons (Fsp3) is 0.500. The van der Waals surface area contributed by atoms with Crippen LogP contribution in [0.2, 0.25) is 0 Å². The number of nitrogens with zero attached hydrogens (tertiary/aromatic N) is 1. The summed E-state index contributed by atoms with van der Waals surface area (Å²) in [5.74, 6) is 0.779. The van der Waals surface area contributed by atoms with Crippen LogP contribution in [0.5, 0.6) is 5.75 Å². The Labute approximate surface area is 232 Å². The summed E-state index contributed by atoms with van der Waals surface area (Å²) in [5.41, 5.74) is 2.30. The topological polar surface area (TPSA) is 95.9 Å². The fourth-order valence-corrected chi connectivity index (χ4v) is 3.16. The predicted octanol–water partition coefficient (Wildman–Crippen LogP) is 4.67. The van der Waals surface area contributed by atoms with E-state index in [0.717, 1.165) is 22.6 Å². The molecule has 2 aromatic rings. The SMILES string of the molecule is CN(C(=O)OC(C)(C)C)c1ccc(C=Cc2ccc(OCCOCCOCCOCCOCCO)cc2)cc1. The first-order valence-electron chi connectivity index (χ1n) is 13.2. The van der Waals surface area contributed by atoms with Gasteiger partial charge in [-0.2, -0.15) is 0 Å². The van der Waals surface area contributed by atoms with E-state index in [1.807, 2.05) is 81.5 Å². The molecule has 0 radical (unpaired) electrons. The van der Waals surface area contributed by atoms with E-state index in [4.69, 9.17) is 33.5 Å². The first-order valence-corrected chi connectivity index (χ1v) is 13.2. The molecule has 0 aliphatic carbocycles. The second kappa shape index (κ2) is 18.4. The molecule has 216 valence electrons. The Morgan fingerprint density at radius 2 is 1.15 bits per heavy atom. The van der Waals surface area contributed by atoms with E-state index in [9.17, 15) is 4.79 Å². The molecule has 0 heterocycles. The molecule has 0 aliphatic heterocycles. The molecule has 2 rings (SSSR count). The van der Waals surface area contributed by atoms with Crippen molar-refractivity contribution in [3.8, 4) is 5.75 Å². The number of aliphatic hydroxyl groups excluding tert-OH is 1. The molecular formula is C30H43NO8. The highest BCUT2D eigenvalue weighted by molar-refractivity contribution is 5.87. The van der Waals surface area contributed by atoms with Gasteiger partial charge in [0.25, 0.3) is 0 Å². The third-order valence-corrected chi connectivity index (χ3v) is 5.14. The van der Waals surface area contributed by atoms with Gasteiger partial charge in [0.2, 0.25) is 0 Å². The Bertz CT molecular complexity index is 954. The number of hydrogen-bond donors (Lipinski definition) is 1. The first-order chi connectivity index (χ1) is 18.8. The molecule has 0 saturated heterocycles. The minimum absolute atomic E-state index is 0.0229. The average molecular weight is 546 g/mol. The third-order valence-electron chi connectivity index (χ3n) is 5.14. The summed E-state index contributed by atoms with van der Waals surface area (Å²) in [6, 6.07) is 15.5. The second-order valence-corrected chi connectivity index (χ2v) is 9.55. The van der Waals surface area contributed by atoms with Gasteiger partial charge in [-0.15, -0.1) is 0 Å². The van der Waals surface area contributed by atoms with E-state index in [1.165, 1.54) is 4.90 Å². The van der Waals surface area contributed by atoms with Gasteiger partial charge in [-0.3, -0.25) is 4.90 Å². The summed E-state index contributed by atoms with van der Waals surface area (Å²) in [5, 5.41) is 8.59. The largest absolute Gasteiger partial charge is 0.491 e. The molecule has 1 N–H and O–H groups in total. The number of aliphatic hydroxyl groups is 1. The molecule has 2 aromatic carbocycles. The van der Waals surface area contributed by atoms with Gasteiger partial charge in [0, 0.05) is 12.7 Å². The number of benzene rings is 2.